The Morgan fingerprint density at radius 2 is 1.78 bits per heavy atom. The van der Waals surface area contributed by atoms with Crippen LogP contribution in [0.25, 0.3) is 0 Å². The number of amides is 1. The van der Waals surface area contributed by atoms with Crippen LogP contribution in [0.4, 0.5) is 10.1 Å². The van der Waals surface area contributed by atoms with E-state index in [2.05, 4.69) is 16.1 Å². The van der Waals surface area contributed by atoms with Crippen LogP contribution in [0, 0.1) is 5.82 Å². The summed E-state index contributed by atoms with van der Waals surface area (Å²) in [5.74, 6) is -2.30. The molecule has 2 atom stereocenters. The van der Waals surface area contributed by atoms with Crippen molar-refractivity contribution in [3.8, 4) is 0 Å². The molecule has 3 aliphatic rings. The third-order valence-corrected chi connectivity index (χ3v) is 9.18. The Labute approximate surface area is 265 Å². The van der Waals surface area contributed by atoms with Gasteiger partial charge in [0.2, 0.25) is 6.10 Å². The molecule has 11 heteroatoms. The molecule has 1 saturated heterocycles. The third kappa shape index (κ3) is 6.17. The predicted molar refractivity (Wildman–Crippen MR) is 166 cm³/mol. The number of hydrogen-bond acceptors (Lipinski definition) is 7. The SMILES string of the molecule is COC1CCN(c2cccc3c2CCN(C(=O)C2CC(c4cccc(Cl)c4F)=NO2)C3C(=O)Cc2ccc(C(=O)O)cc2)CC1. The van der Waals surface area contributed by atoms with Gasteiger partial charge in [0.05, 0.1) is 22.4 Å². The number of halogens is 2. The zero-order chi connectivity index (χ0) is 31.7. The number of ketones is 1. The van der Waals surface area contributed by atoms with Gasteiger partial charge < -0.3 is 24.5 Å². The maximum Gasteiger partial charge on any atom is 0.335 e. The maximum atomic E-state index is 14.7. The van der Waals surface area contributed by atoms with Gasteiger partial charge in [0.1, 0.15) is 6.04 Å². The fourth-order valence-corrected chi connectivity index (χ4v) is 6.68. The number of carboxylic acid groups (broad SMARTS) is 1. The molecule has 9 nitrogen and oxygen atoms in total. The van der Waals surface area contributed by atoms with Crippen LogP contribution in [0.5, 0.6) is 0 Å². The normalized spacial score (nSPS) is 19.9. The molecule has 3 aromatic carbocycles. The lowest BCUT2D eigenvalue weighted by Crippen LogP contribution is -2.48. The summed E-state index contributed by atoms with van der Waals surface area (Å²) in [6.07, 6.45) is 1.56. The van der Waals surface area contributed by atoms with E-state index in [4.69, 9.17) is 21.2 Å². The Hall–Kier alpha value is -4.28. The molecule has 1 N–H and O–H groups in total. The second-order valence-corrected chi connectivity index (χ2v) is 11.9. The predicted octanol–water partition coefficient (Wildman–Crippen LogP) is 5.22. The van der Waals surface area contributed by atoms with Gasteiger partial charge in [-0.2, -0.15) is 0 Å². The molecule has 0 aromatic heterocycles. The number of carbonyl (C=O) groups excluding carboxylic acids is 2. The lowest BCUT2D eigenvalue weighted by Gasteiger charge is -2.40. The van der Waals surface area contributed by atoms with Crippen LogP contribution < -0.4 is 4.90 Å². The number of fused-ring (bicyclic) bond motifs is 1. The average Bonchev–Trinajstić information content (AvgIpc) is 3.55. The van der Waals surface area contributed by atoms with Crippen molar-refractivity contribution in [2.45, 2.75) is 50.4 Å². The number of Topliss-reactive ketones (excluding diaryl/α,β-unsaturated/α-hetero) is 1. The fraction of sp³-hybridized carbons (Fsp3) is 0.353. The number of anilines is 1. The largest absolute Gasteiger partial charge is 0.478 e. The number of carbonyl (C=O) groups is 3. The number of ether oxygens (including phenoxy) is 1. The quantitative estimate of drug-likeness (QED) is 0.362. The number of benzene rings is 3. The van der Waals surface area contributed by atoms with Crippen molar-refractivity contribution in [3.05, 3.63) is 99.3 Å². The molecule has 3 aliphatic heterocycles. The summed E-state index contributed by atoms with van der Waals surface area (Å²) >= 11 is 5.97. The van der Waals surface area contributed by atoms with Crippen molar-refractivity contribution in [3.63, 3.8) is 0 Å². The third-order valence-electron chi connectivity index (χ3n) is 8.89. The van der Waals surface area contributed by atoms with Gasteiger partial charge in [0.15, 0.2) is 11.6 Å². The highest BCUT2D eigenvalue weighted by Gasteiger charge is 2.42. The minimum Gasteiger partial charge on any atom is -0.478 e. The topological polar surface area (TPSA) is 109 Å². The molecule has 1 amide bonds. The first-order valence-electron chi connectivity index (χ1n) is 15.0. The van der Waals surface area contributed by atoms with Gasteiger partial charge in [0, 0.05) is 50.8 Å². The van der Waals surface area contributed by atoms with Crippen LogP contribution in [0.2, 0.25) is 5.02 Å². The first-order chi connectivity index (χ1) is 21.7. The van der Waals surface area contributed by atoms with Crippen LogP contribution in [-0.2, 0) is 32.0 Å². The zero-order valence-electron chi connectivity index (χ0n) is 24.7. The molecular weight excluding hydrogens is 601 g/mol. The molecule has 0 spiro atoms. The first-order valence-corrected chi connectivity index (χ1v) is 15.3. The Bertz CT molecular complexity index is 1650. The van der Waals surface area contributed by atoms with Crippen molar-refractivity contribution < 1.29 is 33.5 Å². The highest BCUT2D eigenvalue weighted by molar-refractivity contribution is 6.31. The monoisotopic (exact) mass is 633 g/mol. The summed E-state index contributed by atoms with van der Waals surface area (Å²) in [6, 6.07) is 15.7. The van der Waals surface area contributed by atoms with Gasteiger partial charge in [0.25, 0.3) is 5.91 Å². The highest BCUT2D eigenvalue weighted by atomic mass is 35.5. The lowest BCUT2D eigenvalue weighted by molar-refractivity contribution is -0.149. The Kier molecular flexibility index (Phi) is 8.87. The van der Waals surface area contributed by atoms with Crippen molar-refractivity contribution in [2.24, 2.45) is 5.16 Å². The van der Waals surface area contributed by atoms with Crippen LogP contribution in [0.3, 0.4) is 0 Å². The number of aromatic carboxylic acids is 1. The number of nitrogens with zero attached hydrogens (tertiary/aromatic N) is 3. The molecular formula is C34H33ClFN3O6. The van der Waals surface area contributed by atoms with Crippen molar-refractivity contribution in [1.82, 2.24) is 4.90 Å². The van der Waals surface area contributed by atoms with Crippen LogP contribution in [0.15, 0.2) is 65.8 Å². The van der Waals surface area contributed by atoms with Gasteiger partial charge in [-0.05, 0) is 66.3 Å². The van der Waals surface area contributed by atoms with Gasteiger partial charge in [-0.3, -0.25) is 9.59 Å². The molecule has 0 aliphatic carbocycles. The molecule has 0 bridgehead atoms. The van der Waals surface area contributed by atoms with E-state index in [1.807, 2.05) is 12.1 Å². The smallest absolute Gasteiger partial charge is 0.335 e. The van der Waals surface area contributed by atoms with E-state index in [0.29, 0.717) is 12.0 Å². The standard InChI is InChI=1S/C34H33ClFN3O6/c1-44-22-12-15-38(16-13-22)28-7-3-4-24-23(28)14-17-39(32(24)29(40)18-20-8-10-21(11-9-20)34(42)43)33(41)30-19-27(37-45-30)25-5-2-6-26(35)31(25)36/h2-11,22,30,32H,12-19H2,1H3,(H,42,43). The second kappa shape index (κ2) is 13.0. The summed E-state index contributed by atoms with van der Waals surface area (Å²) in [5, 5.41) is 13.2. The molecule has 1 fully saturated rings. The van der Waals surface area contributed by atoms with E-state index in [-0.39, 0.29) is 53.1 Å². The number of hydrogen-bond donors (Lipinski definition) is 1. The summed E-state index contributed by atoms with van der Waals surface area (Å²) < 4.78 is 20.3. The molecule has 0 radical (unpaired) electrons. The van der Waals surface area contributed by atoms with Crippen LogP contribution >= 0.6 is 11.6 Å². The number of carboxylic acids is 1. The highest BCUT2D eigenvalue weighted by Crippen LogP contribution is 2.39. The second-order valence-electron chi connectivity index (χ2n) is 11.5. The van der Waals surface area contributed by atoms with E-state index < -0.39 is 29.8 Å². The number of piperidine rings is 1. The summed E-state index contributed by atoms with van der Waals surface area (Å²) in [7, 11) is 1.73. The Morgan fingerprint density at radius 1 is 1.04 bits per heavy atom. The van der Waals surface area contributed by atoms with Gasteiger partial charge >= 0.3 is 5.97 Å². The summed E-state index contributed by atoms with van der Waals surface area (Å²) in [4.78, 5) is 48.9. The molecule has 45 heavy (non-hydrogen) atoms. The molecule has 2 unspecified atom stereocenters. The fourth-order valence-electron chi connectivity index (χ4n) is 6.51. The van der Waals surface area contributed by atoms with Gasteiger partial charge in [-0.1, -0.05) is 47.1 Å². The zero-order valence-corrected chi connectivity index (χ0v) is 25.5. The Balaban J connectivity index is 1.29. The first kappa shape index (κ1) is 30.7. The molecule has 0 saturated carbocycles. The average molecular weight is 634 g/mol. The van der Waals surface area contributed by atoms with Crippen molar-refractivity contribution >= 4 is 40.7 Å². The van der Waals surface area contributed by atoms with E-state index in [1.54, 1.807) is 30.2 Å². The van der Waals surface area contributed by atoms with Crippen LogP contribution in [0.1, 0.15) is 57.9 Å². The van der Waals surface area contributed by atoms with Crippen LogP contribution in [-0.4, -0.2) is 72.3 Å². The minimum absolute atomic E-state index is 0.00174. The maximum absolute atomic E-state index is 14.7. The molecule has 3 aromatic rings. The van der Waals surface area contributed by atoms with E-state index in [1.165, 1.54) is 24.3 Å². The van der Waals surface area contributed by atoms with Gasteiger partial charge in [-0.25, -0.2) is 9.18 Å². The Morgan fingerprint density at radius 3 is 2.49 bits per heavy atom. The number of methoxy groups -OCH3 is 1. The van der Waals surface area contributed by atoms with E-state index in [0.717, 1.165) is 42.7 Å². The van der Waals surface area contributed by atoms with Gasteiger partial charge in [-0.15, -0.1) is 0 Å². The minimum atomic E-state index is -1.05. The number of oxime groups is 1. The summed E-state index contributed by atoms with van der Waals surface area (Å²) in [6.45, 7) is 1.93. The number of rotatable bonds is 8. The summed E-state index contributed by atoms with van der Waals surface area (Å²) in [5.41, 5.74) is 4.04. The van der Waals surface area contributed by atoms with E-state index in [9.17, 15) is 23.9 Å². The lowest BCUT2D eigenvalue weighted by atomic mass is 9.86. The van der Waals surface area contributed by atoms with Crippen molar-refractivity contribution in [2.75, 3.05) is 31.6 Å². The molecule has 234 valence electrons. The molecule has 3 heterocycles. The van der Waals surface area contributed by atoms with Crippen molar-refractivity contribution in [1.29, 1.82) is 0 Å². The van der Waals surface area contributed by atoms with E-state index >= 15 is 0 Å². The molecule has 6 rings (SSSR count).